The van der Waals surface area contributed by atoms with Crippen LogP contribution in [0.25, 0.3) is 0 Å². The van der Waals surface area contributed by atoms with Gasteiger partial charge in [0.15, 0.2) is 5.03 Å². The molecular weight excluding hydrogens is 276 g/mol. The highest BCUT2D eigenvalue weighted by Crippen LogP contribution is 2.27. The van der Waals surface area contributed by atoms with Gasteiger partial charge in [0, 0.05) is 19.3 Å². The van der Waals surface area contributed by atoms with Gasteiger partial charge in [-0.1, -0.05) is 30.3 Å². The van der Waals surface area contributed by atoms with Gasteiger partial charge in [-0.25, -0.2) is 13.4 Å². The molecule has 1 aliphatic heterocycles. The summed E-state index contributed by atoms with van der Waals surface area (Å²) in [4.78, 5) is 3.94. The van der Waals surface area contributed by atoms with Gasteiger partial charge in [-0.15, -0.1) is 0 Å². The van der Waals surface area contributed by atoms with Crippen LogP contribution in [-0.2, 0) is 29.7 Å². The highest BCUT2D eigenvalue weighted by molar-refractivity contribution is 7.89. The van der Waals surface area contributed by atoms with E-state index in [1.165, 1.54) is 16.6 Å². The lowest BCUT2D eigenvalue weighted by Gasteiger charge is -2.14. The Hall–Kier alpha value is -1.76. The molecule has 0 spiro atoms. The minimum atomic E-state index is -3.59. The lowest BCUT2D eigenvalue weighted by molar-refractivity contribution is 0.281. The van der Waals surface area contributed by atoms with Crippen LogP contribution in [0.15, 0.2) is 47.6 Å². The Bertz CT molecular complexity index is 701. The van der Waals surface area contributed by atoms with Crippen LogP contribution in [0.1, 0.15) is 16.7 Å². The third-order valence-corrected chi connectivity index (χ3v) is 5.10. The molecule has 1 aromatic heterocycles. The summed E-state index contributed by atoms with van der Waals surface area (Å²) >= 11 is 0. The topological polar surface area (TPSA) is 70.5 Å². The molecule has 0 aliphatic carbocycles. The lowest BCUT2D eigenvalue weighted by atomic mass is 10.1. The van der Waals surface area contributed by atoms with Crippen LogP contribution in [0.2, 0.25) is 0 Å². The van der Waals surface area contributed by atoms with Gasteiger partial charge < -0.3 is 5.11 Å². The first kappa shape index (κ1) is 13.2. The van der Waals surface area contributed by atoms with E-state index in [2.05, 4.69) is 4.98 Å². The van der Waals surface area contributed by atoms with Gasteiger partial charge in [-0.3, -0.25) is 0 Å². The molecule has 3 rings (SSSR count). The molecule has 1 aromatic carbocycles. The van der Waals surface area contributed by atoms with E-state index in [1.54, 1.807) is 6.07 Å². The molecule has 0 unspecified atom stereocenters. The summed E-state index contributed by atoms with van der Waals surface area (Å²) in [6.45, 7) is 0.604. The number of hydrogen-bond donors (Lipinski definition) is 1. The Labute approximate surface area is 117 Å². The van der Waals surface area contributed by atoms with Crippen molar-refractivity contribution in [2.24, 2.45) is 0 Å². The van der Waals surface area contributed by atoms with Crippen molar-refractivity contribution in [2.45, 2.75) is 24.7 Å². The van der Waals surface area contributed by atoms with Crippen LogP contribution < -0.4 is 0 Å². The summed E-state index contributed by atoms with van der Waals surface area (Å²) in [5, 5.41) is 8.98. The van der Waals surface area contributed by atoms with Crippen molar-refractivity contribution in [1.82, 2.24) is 9.29 Å². The lowest BCUT2D eigenvalue weighted by Crippen LogP contribution is -2.26. The zero-order chi connectivity index (χ0) is 14.2. The van der Waals surface area contributed by atoms with Crippen LogP contribution >= 0.6 is 0 Å². The molecule has 0 bridgehead atoms. The number of sulfonamides is 1. The number of aromatic nitrogens is 1. The molecule has 1 aliphatic rings. The summed E-state index contributed by atoms with van der Waals surface area (Å²) < 4.78 is 26.4. The van der Waals surface area contributed by atoms with Crippen molar-refractivity contribution in [3.63, 3.8) is 0 Å². The van der Waals surface area contributed by atoms with Gasteiger partial charge in [0.2, 0.25) is 0 Å². The predicted molar refractivity (Wildman–Crippen MR) is 73.0 cm³/mol. The highest BCUT2D eigenvalue weighted by atomic mass is 32.2. The van der Waals surface area contributed by atoms with Gasteiger partial charge >= 0.3 is 0 Å². The number of pyridine rings is 1. The summed E-state index contributed by atoms with van der Waals surface area (Å²) in [6, 6.07) is 10.7. The van der Waals surface area contributed by atoms with E-state index >= 15 is 0 Å². The quantitative estimate of drug-likeness (QED) is 0.924. The van der Waals surface area contributed by atoms with Gasteiger partial charge in [0.25, 0.3) is 10.0 Å². The normalized spacial score (nSPS) is 15.2. The minimum absolute atomic E-state index is 0.0162. The van der Waals surface area contributed by atoms with Gasteiger partial charge in [-0.05, 0) is 22.8 Å². The molecule has 6 heteroatoms. The SMILES string of the molecule is O=S(=O)(c1ccc(CO)cn1)N1Cc2ccccc2C1. The Kier molecular flexibility index (Phi) is 3.29. The fraction of sp³-hybridized carbons (Fsp3) is 0.214. The molecule has 104 valence electrons. The Morgan fingerprint density at radius 2 is 1.75 bits per heavy atom. The van der Waals surface area contributed by atoms with Crippen molar-refractivity contribution in [3.05, 3.63) is 59.3 Å². The van der Waals surface area contributed by atoms with E-state index < -0.39 is 10.0 Å². The fourth-order valence-electron chi connectivity index (χ4n) is 2.26. The molecule has 2 aromatic rings. The largest absolute Gasteiger partial charge is 0.392 e. The van der Waals surface area contributed by atoms with E-state index in [0.717, 1.165) is 11.1 Å². The third kappa shape index (κ3) is 2.22. The van der Waals surface area contributed by atoms with Crippen LogP contribution in [0.3, 0.4) is 0 Å². The number of rotatable bonds is 3. The van der Waals surface area contributed by atoms with Gasteiger partial charge in [0.05, 0.1) is 6.61 Å². The smallest absolute Gasteiger partial charge is 0.261 e. The average molecular weight is 290 g/mol. The monoisotopic (exact) mass is 290 g/mol. The summed E-state index contributed by atoms with van der Waals surface area (Å²) in [5.41, 5.74) is 2.65. The molecule has 5 nitrogen and oxygen atoms in total. The first-order valence-electron chi connectivity index (χ1n) is 6.24. The molecule has 20 heavy (non-hydrogen) atoms. The van der Waals surface area contributed by atoms with Crippen molar-refractivity contribution in [3.8, 4) is 0 Å². The fourth-order valence-corrected chi connectivity index (χ4v) is 3.57. The number of fused-ring (bicyclic) bond motifs is 1. The maximum Gasteiger partial charge on any atom is 0.261 e. The van der Waals surface area contributed by atoms with Gasteiger partial charge in [-0.2, -0.15) is 4.31 Å². The number of hydrogen-bond acceptors (Lipinski definition) is 4. The third-order valence-electron chi connectivity index (χ3n) is 3.40. The Morgan fingerprint density at radius 1 is 1.10 bits per heavy atom. The first-order valence-corrected chi connectivity index (χ1v) is 7.68. The molecule has 0 radical (unpaired) electrons. The molecule has 1 N–H and O–H groups in total. The standard InChI is InChI=1S/C14H14N2O3S/c17-10-11-5-6-14(15-7-11)20(18,19)16-8-12-3-1-2-4-13(12)9-16/h1-7,17H,8-10H2. The predicted octanol–water partition coefficient (Wildman–Crippen LogP) is 1.28. The maximum absolute atomic E-state index is 12.5. The molecule has 0 amide bonds. The van der Waals surface area contributed by atoms with Crippen LogP contribution in [-0.4, -0.2) is 22.8 Å². The molecule has 0 saturated heterocycles. The second-order valence-corrected chi connectivity index (χ2v) is 6.59. The zero-order valence-corrected chi connectivity index (χ0v) is 11.5. The van der Waals surface area contributed by atoms with E-state index in [0.29, 0.717) is 18.7 Å². The Morgan fingerprint density at radius 3 is 2.25 bits per heavy atom. The van der Waals surface area contributed by atoms with Crippen molar-refractivity contribution in [2.75, 3.05) is 0 Å². The average Bonchev–Trinajstić information content (AvgIpc) is 2.92. The van der Waals surface area contributed by atoms with E-state index in [9.17, 15) is 8.42 Å². The summed E-state index contributed by atoms with van der Waals surface area (Å²) in [5.74, 6) is 0. The van der Waals surface area contributed by atoms with Crippen LogP contribution in [0.5, 0.6) is 0 Å². The highest BCUT2D eigenvalue weighted by Gasteiger charge is 2.31. The molecular formula is C14H14N2O3S. The number of benzene rings is 1. The van der Waals surface area contributed by atoms with Crippen molar-refractivity contribution >= 4 is 10.0 Å². The van der Waals surface area contributed by atoms with E-state index in [-0.39, 0.29) is 11.6 Å². The maximum atomic E-state index is 12.5. The first-order chi connectivity index (χ1) is 9.61. The Balaban J connectivity index is 1.90. The number of aliphatic hydroxyl groups excluding tert-OH is 1. The number of nitrogens with zero attached hydrogens (tertiary/aromatic N) is 2. The van der Waals surface area contributed by atoms with Crippen LogP contribution in [0.4, 0.5) is 0 Å². The molecule has 0 atom stereocenters. The van der Waals surface area contributed by atoms with Crippen molar-refractivity contribution < 1.29 is 13.5 Å². The number of aliphatic hydroxyl groups is 1. The molecule has 0 fully saturated rings. The van der Waals surface area contributed by atoms with Crippen molar-refractivity contribution in [1.29, 1.82) is 0 Å². The second-order valence-electron chi connectivity index (χ2n) is 4.70. The summed E-state index contributed by atoms with van der Waals surface area (Å²) in [7, 11) is -3.59. The van der Waals surface area contributed by atoms with E-state index in [4.69, 9.17) is 5.11 Å². The van der Waals surface area contributed by atoms with Crippen LogP contribution in [0, 0.1) is 0 Å². The molecule has 2 heterocycles. The zero-order valence-electron chi connectivity index (χ0n) is 10.7. The minimum Gasteiger partial charge on any atom is -0.392 e. The second kappa shape index (κ2) is 4.97. The van der Waals surface area contributed by atoms with E-state index in [1.807, 2.05) is 24.3 Å². The molecule has 0 saturated carbocycles. The van der Waals surface area contributed by atoms with Gasteiger partial charge in [0.1, 0.15) is 0 Å². The summed E-state index contributed by atoms with van der Waals surface area (Å²) in [6.07, 6.45) is 1.39.